The lowest BCUT2D eigenvalue weighted by Gasteiger charge is -2.16. The van der Waals surface area contributed by atoms with Crippen molar-refractivity contribution in [2.45, 2.75) is 38.3 Å². The molecule has 0 heterocycles. The summed E-state index contributed by atoms with van der Waals surface area (Å²) in [6.45, 7) is -0.643. The van der Waals surface area contributed by atoms with E-state index in [0.29, 0.717) is 0 Å². The SMILES string of the molecule is O=C(COC(=O)Cc1ccc2c(c1)CCCC2)Nc1ccccc1C(F)(F)F. The first-order valence-corrected chi connectivity index (χ1v) is 9.05. The minimum absolute atomic E-state index is 0.0136. The summed E-state index contributed by atoms with van der Waals surface area (Å²) in [4.78, 5) is 23.9. The number of anilines is 1. The van der Waals surface area contributed by atoms with Gasteiger partial charge < -0.3 is 10.1 Å². The molecule has 0 bridgehead atoms. The molecule has 0 aromatic heterocycles. The molecule has 0 unspecified atom stereocenters. The van der Waals surface area contributed by atoms with Gasteiger partial charge >= 0.3 is 12.1 Å². The van der Waals surface area contributed by atoms with Crippen molar-refractivity contribution in [1.82, 2.24) is 0 Å². The van der Waals surface area contributed by atoms with Gasteiger partial charge in [-0.15, -0.1) is 0 Å². The number of benzene rings is 2. The van der Waals surface area contributed by atoms with Gasteiger partial charge in [-0.05, 0) is 54.5 Å². The molecule has 0 saturated carbocycles. The van der Waals surface area contributed by atoms with E-state index in [1.165, 1.54) is 29.7 Å². The van der Waals surface area contributed by atoms with Crippen LogP contribution >= 0.6 is 0 Å². The van der Waals surface area contributed by atoms with Crippen molar-refractivity contribution in [3.8, 4) is 0 Å². The first kappa shape index (κ1) is 19.9. The Bertz CT molecular complexity index is 877. The molecule has 28 heavy (non-hydrogen) atoms. The third-order valence-electron chi connectivity index (χ3n) is 4.63. The smallest absolute Gasteiger partial charge is 0.418 e. The number of rotatable bonds is 5. The van der Waals surface area contributed by atoms with Gasteiger partial charge in [0.25, 0.3) is 5.91 Å². The highest BCUT2D eigenvalue weighted by atomic mass is 19.4. The Labute approximate surface area is 160 Å². The number of hydrogen-bond acceptors (Lipinski definition) is 3. The Morgan fingerprint density at radius 1 is 1.00 bits per heavy atom. The highest BCUT2D eigenvalue weighted by molar-refractivity contribution is 5.93. The van der Waals surface area contributed by atoms with E-state index in [1.54, 1.807) is 0 Å². The number of esters is 1. The second-order valence-corrected chi connectivity index (χ2v) is 6.74. The number of nitrogens with one attached hydrogen (secondary N) is 1. The topological polar surface area (TPSA) is 55.4 Å². The van der Waals surface area contributed by atoms with Crippen molar-refractivity contribution in [1.29, 1.82) is 0 Å². The number of amides is 1. The average molecular weight is 391 g/mol. The summed E-state index contributed by atoms with van der Waals surface area (Å²) in [6.07, 6.45) is -0.257. The van der Waals surface area contributed by atoms with Gasteiger partial charge in [-0.25, -0.2) is 0 Å². The molecule has 0 spiro atoms. The molecule has 7 heteroatoms. The monoisotopic (exact) mass is 391 g/mol. The van der Waals surface area contributed by atoms with Gasteiger partial charge in [-0.3, -0.25) is 9.59 Å². The summed E-state index contributed by atoms with van der Waals surface area (Å²) >= 11 is 0. The fraction of sp³-hybridized carbons (Fsp3) is 0.333. The summed E-state index contributed by atoms with van der Waals surface area (Å²) in [6, 6.07) is 10.5. The maximum atomic E-state index is 12.9. The van der Waals surface area contributed by atoms with Crippen LogP contribution in [0.15, 0.2) is 42.5 Å². The lowest BCUT2D eigenvalue weighted by molar-refractivity contribution is -0.146. The zero-order valence-electron chi connectivity index (χ0n) is 15.1. The van der Waals surface area contributed by atoms with Gasteiger partial charge in [0.15, 0.2) is 6.61 Å². The van der Waals surface area contributed by atoms with Crippen molar-refractivity contribution < 1.29 is 27.5 Å². The van der Waals surface area contributed by atoms with Gasteiger partial charge in [-0.1, -0.05) is 30.3 Å². The number of hydrogen-bond donors (Lipinski definition) is 1. The molecular weight excluding hydrogens is 371 g/mol. The number of ether oxygens (including phenoxy) is 1. The number of alkyl halides is 3. The Morgan fingerprint density at radius 2 is 1.71 bits per heavy atom. The summed E-state index contributed by atoms with van der Waals surface area (Å²) < 4.78 is 43.7. The number of carbonyl (C=O) groups is 2. The number of para-hydroxylation sites is 1. The summed E-state index contributed by atoms with van der Waals surface area (Å²) in [5.74, 6) is -1.43. The lowest BCUT2D eigenvalue weighted by Crippen LogP contribution is -2.23. The molecule has 0 saturated heterocycles. The van der Waals surface area contributed by atoms with E-state index in [-0.39, 0.29) is 12.1 Å². The minimum Gasteiger partial charge on any atom is -0.455 e. The van der Waals surface area contributed by atoms with Crippen molar-refractivity contribution in [3.05, 3.63) is 64.7 Å². The number of aryl methyl sites for hydroxylation is 2. The normalized spacial score (nSPS) is 13.5. The molecule has 1 amide bonds. The first-order valence-electron chi connectivity index (χ1n) is 9.05. The summed E-state index contributed by atoms with van der Waals surface area (Å²) in [7, 11) is 0. The van der Waals surface area contributed by atoms with Crippen molar-refractivity contribution in [2.24, 2.45) is 0 Å². The van der Waals surface area contributed by atoms with Crippen LogP contribution in [-0.2, 0) is 39.8 Å². The molecule has 2 aromatic rings. The minimum atomic E-state index is -4.59. The third kappa shape index (κ3) is 5.12. The predicted octanol–water partition coefficient (Wildman–Crippen LogP) is 4.31. The maximum Gasteiger partial charge on any atom is 0.418 e. The van der Waals surface area contributed by atoms with Crippen molar-refractivity contribution in [2.75, 3.05) is 11.9 Å². The highest BCUT2D eigenvalue weighted by Gasteiger charge is 2.33. The highest BCUT2D eigenvalue weighted by Crippen LogP contribution is 2.34. The van der Waals surface area contributed by atoms with Gasteiger partial charge in [-0.2, -0.15) is 13.2 Å². The molecule has 0 aliphatic heterocycles. The van der Waals surface area contributed by atoms with E-state index in [0.717, 1.165) is 37.0 Å². The molecule has 4 nitrogen and oxygen atoms in total. The van der Waals surface area contributed by atoms with E-state index in [2.05, 4.69) is 5.32 Å². The zero-order chi connectivity index (χ0) is 20.1. The summed E-state index contributed by atoms with van der Waals surface area (Å²) in [5, 5.41) is 2.14. The molecule has 3 rings (SSSR count). The molecule has 1 aliphatic carbocycles. The standard InChI is InChI=1S/C21H20F3NO3/c22-21(23,24)17-7-3-4-8-18(17)25-19(26)13-28-20(27)12-14-9-10-15-5-1-2-6-16(15)11-14/h3-4,7-11H,1-2,5-6,12-13H2,(H,25,26). The van der Waals surface area contributed by atoms with E-state index >= 15 is 0 Å². The van der Waals surface area contributed by atoms with Crippen LogP contribution in [0.2, 0.25) is 0 Å². The van der Waals surface area contributed by atoms with Crippen LogP contribution in [0.3, 0.4) is 0 Å². The van der Waals surface area contributed by atoms with Crippen LogP contribution in [0.1, 0.15) is 35.1 Å². The van der Waals surface area contributed by atoms with Crippen LogP contribution in [0.5, 0.6) is 0 Å². The van der Waals surface area contributed by atoms with Crippen molar-refractivity contribution >= 4 is 17.6 Å². The Morgan fingerprint density at radius 3 is 2.46 bits per heavy atom. The van der Waals surface area contributed by atoms with E-state index in [4.69, 9.17) is 4.74 Å². The van der Waals surface area contributed by atoms with Crippen LogP contribution in [-0.4, -0.2) is 18.5 Å². The molecule has 148 valence electrons. The predicted molar refractivity (Wildman–Crippen MR) is 97.8 cm³/mol. The Hall–Kier alpha value is -2.83. The number of fused-ring (bicyclic) bond motifs is 1. The molecule has 1 aliphatic rings. The number of halogens is 3. The van der Waals surface area contributed by atoms with E-state index < -0.39 is 30.2 Å². The number of carbonyl (C=O) groups excluding carboxylic acids is 2. The quantitative estimate of drug-likeness (QED) is 0.773. The average Bonchev–Trinajstić information content (AvgIpc) is 2.66. The second-order valence-electron chi connectivity index (χ2n) is 6.74. The fourth-order valence-corrected chi connectivity index (χ4v) is 3.29. The fourth-order valence-electron chi connectivity index (χ4n) is 3.29. The lowest BCUT2D eigenvalue weighted by atomic mass is 9.90. The van der Waals surface area contributed by atoms with Gasteiger partial charge in [0.2, 0.25) is 0 Å². The zero-order valence-corrected chi connectivity index (χ0v) is 15.1. The molecule has 0 atom stereocenters. The van der Waals surface area contributed by atoms with E-state index in [1.807, 2.05) is 18.2 Å². The van der Waals surface area contributed by atoms with Crippen LogP contribution in [0.4, 0.5) is 18.9 Å². The first-order chi connectivity index (χ1) is 13.3. The maximum absolute atomic E-state index is 12.9. The third-order valence-corrected chi connectivity index (χ3v) is 4.63. The van der Waals surface area contributed by atoms with Crippen LogP contribution in [0, 0.1) is 0 Å². The molecule has 0 fully saturated rings. The Kier molecular flexibility index (Phi) is 6.02. The van der Waals surface area contributed by atoms with Gasteiger partial charge in [0.1, 0.15) is 0 Å². The Balaban J connectivity index is 1.53. The molecule has 2 aromatic carbocycles. The van der Waals surface area contributed by atoms with Crippen LogP contribution in [0.25, 0.3) is 0 Å². The largest absolute Gasteiger partial charge is 0.455 e. The second kappa shape index (κ2) is 8.46. The molecule has 0 radical (unpaired) electrons. The molecular formula is C21H20F3NO3. The van der Waals surface area contributed by atoms with Gasteiger partial charge in [0.05, 0.1) is 17.7 Å². The van der Waals surface area contributed by atoms with Crippen LogP contribution < -0.4 is 5.32 Å². The van der Waals surface area contributed by atoms with Crippen molar-refractivity contribution in [3.63, 3.8) is 0 Å². The van der Waals surface area contributed by atoms with E-state index in [9.17, 15) is 22.8 Å². The van der Waals surface area contributed by atoms with Gasteiger partial charge in [0, 0.05) is 0 Å². The summed E-state index contributed by atoms with van der Waals surface area (Å²) in [5.41, 5.74) is 2.01. The molecule has 1 N–H and O–H groups in total.